The van der Waals surface area contributed by atoms with Gasteiger partial charge in [0.2, 0.25) is 0 Å². The van der Waals surface area contributed by atoms with Gasteiger partial charge in [-0.2, -0.15) is 0 Å². The van der Waals surface area contributed by atoms with E-state index in [9.17, 15) is 0 Å². The van der Waals surface area contributed by atoms with Crippen LogP contribution in [-0.2, 0) is 6.54 Å². The summed E-state index contributed by atoms with van der Waals surface area (Å²) in [4.78, 5) is 12.9. The first-order valence-electron chi connectivity index (χ1n) is 5.74. The van der Waals surface area contributed by atoms with Gasteiger partial charge < -0.3 is 5.32 Å². The molecule has 2 aromatic rings. The minimum Gasteiger partial charge on any atom is -0.313 e. The van der Waals surface area contributed by atoms with Gasteiger partial charge in [-0.15, -0.1) is 0 Å². The van der Waals surface area contributed by atoms with Crippen molar-refractivity contribution in [3.63, 3.8) is 0 Å². The molecule has 2 rings (SSSR count). The standard InChI is InChI=1S/C13H16N4/c1-3-14-7-11-8-16-13(17-9-11)12-6-10(2)4-5-15-12/h4-6,8-9,14H,3,7H2,1-2H3. The lowest BCUT2D eigenvalue weighted by atomic mass is 10.2. The number of hydrogen-bond donors (Lipinski definition) is 1. The van der Waals surface area contributed by atoms with Gasteiger partial charge in [0, 0.05) is 30.7 Å². The maximum atomic E-state index is 4.33. The summed E-state index contributed by atoms with van der Waals surface area (Å²) >= 11 is 0. The van der Waals surface area contributed by atoms with Crippen LogP contribution >= 0.6 is 0 Å². The molecule has 0 amide bonds. The molecule has 0 saturated carbocycles. The van der Waals surface area contributed by atoms with Gasteiger partial charge in [0.15, 0.2) is 5.82 Å². The van der Waals surface area contributed by atoms with Crippen molar-refractivity contribution in [2.45, 2.75) is 20.4 Å². The fourth-order valence-corrected chi connectivity index (χ4v) is 1.51. The molecule has 17 heavy (non-hydrogen) atoms. The zero-order valence-electron chi connectivity index (χ0n) is 10.1. The van der Waals surface area contributed by atoms with Gasteiger partial charge in [0.05, 0.1) is 0 Å². The molecule has 0 aromatic carbocycles. The first-order chi connectivity index (χ1) is 8.29. The lowest BCUT2D eigenvalue weighted by molar-refractivity contribution is 0.721. The van der Waals surface area contributed by atoms with Crippen molar-refractivity contribution in [3.05, 3.63) is 41.9 Å². The van der Waals surface area contributed by atoms with Gasteiger partial charge in [-0.3, -0.25) is 4.98 Å². The number of nitrogens with one attached hydrogen (secondary N) is 1. The zero-order chi connectivity index (χ0) is 12.1. The van der Waals surface area contributed by atoms with Crippen LogP contribution in [0.4, 0.5) is 0 Å². The van der Waals surface area contributed by atoms with Gasteiger partial charge in [-0.05, 0) is 31.2 Å². The predicted molar refractivity (Wildman–Crippen MR) is 67.4 cm³/mol. The molecule has 0 aliphatic rings. The van der Waals surface area contributed by atoms with Gasteiger partial charge >= 0.3 is 0 Å². The molecule has 0 radical (unpaired) electrons. The molecular weight excluding hydrogens is 212 g/mol. The molecule has 0 bridgehead atoms. The highest BCUT2D eigenvalue weighted by atomic mass is 14.9. The van der Waals surface area contributed by atoms with Crippen molar-refractivity contribution in [1.29, 1.82) is 0 Å². The highest BCUT2D eigenvalue weighted by Gasteiger charge is 2.02. The number of rotatable bonds is 4. The first kappa shape index (κ1) is 11.7. The number of nitrogens with zero attached hydrogens (tertiary/aromatic N) is 3. The highest BCUT2D eigenvalue weighted by molar-refractivity contribution is 5.49. The Morgan fingerprint density at radius 3 is 2.59 bits per heavy atom. The Morgan fingerprint density at radius 1 is 1.18 bits per heavy atom. The minimum absolute atomic E-state index is 0.675. The van der Waals surface area contributed by atoms with Crippen LogP contribution in [0.1, 0.15) is 18.1 Å². The van der Waals surface area contributed by atoms with Crippen LogP contribution < -0.4 is 5.32 Å². The topological polar surface area (TPSA) is 50.7 Å². The Bertz CT molecular complexity index is 479. The third kappa shape index (κ3) is 3.07. The number of hydrogen-bond acceptors (Lipinski definition) is 4. The monoisotopic (exact) mass is 228 g/mol. The van der Waals surface area contributed by atoms with E-state index in [1.807, 2.05) is 31.5 Å². The zero-order valence-corrected chi connectivity index (χ0v) is 10.1. The van der Waals surface area contributed by atoms with Crippen LogP contribution in [0.3, 0.4) is 0 Å². The summed E-state index contributed by atoms with van der Waals surface area (Å²) in [7, 11) is 0. The van der Waals surface area contributed by atoms with E-state index < -0.39 is 0 Å². The summed E-state index contributed by atoms with van der Waals surface area (Å²) < 4.78 is 0. The van der Waals surface area contributed by atoms with Gasteiger partial charge in [-0.25, -0.2) is 9.97 Å². The molecule has 0 fully saturated rings. The van der Waals surface area contributed by atoms with E-state index in [4.69, 9.17) is 0 Å². The van der Waals surface area contributed by atoms with Crippen LogP contribution in [0.5, 0.6) is 0 Å². The van der Waals surface area contributed by atoms with Crippen LogP contribution in [0.15, 0.2) is 30.7 Å². The third-order valence-corrected chi connectivity index (χ3v) is 2.43. The van der Waals surface area contributed by atoms with Crippen molar-refractivity contribution in [2.75, 3.05) is 6.54 Å². The predicted octanol–water partition coefficient (Wildman–Crippen LogP) is 1.96. The van der Waals surface area contributed by atoms with Gasteiger partial charge in [0.1, 0.15) is 5.69 Å². The Hall–Kier alpha value is -1.81. The third-order valence-electron chi connectivity index (χ3n) is 2.43. The van der Waals surface area contributed by atoms with Crippen LogP contribution in [0.25, 0.3) is 11.5 Å². The van der Waals surface area contributed by atoms with Gasteiger partial charge in [0.25, 0.3) is 0 Å². The summed E-state index contributed by atoms with van der Waals surface area (Å²) in [5, 5.41) is 3.24. The fourth-order valence-electron chi connectivity index (χ4n) is 1.51. The molecule has 0 atom stereocenters. The molecule has 0 saturated heterocycles. The molecule has 4 heteroatoms. The average Bonchev–Trinajstić information content (AvgIpc) is 2.37. The largest absolute Gasteiger partial charge is 0.313 e. The molecule has 0 aliphatic carbocycles. The second-order valence-corrected chi connectivity index (χ2v) is 3.91. The van der Waals surface area contributed by atoms with Crippen molar-refractivity contribution < 1.29 is 0 Å². The highest BCUT2D eigenvalue weighted by Crippen LogP contribution is 2.12. The SMILES string of the molecule is CCNCc1cnc(-c2cc(C)ccn2)nc1. The first-order valence-corrected chi connectivity index (χ1v) is 5.74. The number of aromatic nitrogens is 3. The normalized spacial score (nSPS) is 10.5. The van der Waals surface area contributed by atoms with Crippen LogP contribution in [0, 0.1) is 6.92 Å². The minimum atomic E-state index is 0.675. The van der Waals surface area contributed by atoms with Gasteiger partial charge in [-0.1, -0.05) is 6.92 Å². The molecule has 88 valence electrons. The van der Waals surface area contributed by atoms with E-state index in [1.165, 1.54) is 0 Å². The molecule has 0 spiro atoms. The molecule has 2 aromatic heterocycles. The summed E-state index contributed by atoms with van der Waals surface area (Å²) in [6, 6.07) is 3.95. The maximum Gasteiger partial charge on any atom is 0.178 e. The van der Waals surface area contributed by atoms with E-state index >= 15 is 0 Å². The molecule has 2 heterocycles. The Morgan fingerprint density at radius 2 is 1.94 bits per heavy atom. The van der Waals surface area contributed by atoms with Crippen LogP contribution in [0.2, 0.25) is 0 Å². The Balaban J connectivity index is 2.17. The Kier molecular flexibility index (Phi) is 3.77. The van der Waals surface area contributed by atoms with E-state index in [0.717, 1.165) is 29.9 Å². The van der Waals surface area contributed by atoms with E-state index in [1.54, 1.807) is 6.20 Å². The fraction of sp³-hybridized carbons (Fsp3) is 0.308. The smallest absolute Gasteiger partial charge is 0.178 e. The summed E-state index contributed by atoms with van der Waals surface area (Å²) in [5.41, 5.74) is 3.07. The quantitative estimate of drug-likeness (QED) is 0.869. The maximum absolute atomic E-state index is 4.33. The number of aryl methyl sites for hydroxylation is 1. The Labute approximate surface area is 101 Å². The lowest BCUT2D eigenvalue weighted by Crippen LogP contribution is -2.12. The van der Waals surface area contributed by atoms with E-state index in [0.29, 0.717) is 5.82 Å². The lowest BCUT2D eigenvalue weighted by Gasteiger charge is -2.03. The molecule has 0 unspecified atom stereocenters. The molecule has 4 nitrogen and oxygen atoms in total. The van der Waals surface area contributed by atoms with Crippen molar-refractivity contribution in [1.82, 2.24) is 20.3 Å². The second-order valence-electron chi connectivity index (χ2n) is 3.91. The molecular formula is C13H16N4. The summed E-state index contributed by atoms with van der Waals surface area (Å²) in [6.45, 7) is 5.86. The van der Waals surface area contributed by atoms with Crippen molar-refractivity contribution in [2.24, 2.45) is 0 Å². The summed E-state index contributed by atoms with van der Waals surface area (Å²) in [6.07, 6.45) is 5.46. The van der Waals surface area contributed by atoms with Crippen LogP contribution in [-0.4, -0.2) is 21.5 Å². The van der Waals surface area contributed by atoms with E-state index in [2.05, 4.69) is 27.2 Å². The summed E-state index contributed by atoms with van der Waals surface area (Å²) in [5.74, 6) is 0.675. The molecule has 0 aliphatic heterocycles. The van der Waals surface area contributed by atoms with Crippen molar-refractivity contribution >= 4 is 0 Å². The second kappa shape index (κ2) is 5.50. The van der Waals surface area contributed by atoms with Crippen molar-refractivity contribution in [3.8, 4) is 11.5 Å². The number of pyridine rings is 1. The van der Waals surface area contributed by atoms with E-state index in [-0.39, 0.29) is 0 Å². The average molecular weight is 228 g/mol. The molecule has 1 N–H and O–H groups in total.